The highest BCUT2D eigenvalue weighted by Gasteiger charge is 2.22. The van der Waals surface area contributed by atoms with E-state index in [1.807, 2.05) is 18.4 Å². The van der Waals surface area contributed by atoms with Gasteiger partial charge in [-0.15, -0.1) is 0 Å². The number of amides is 2. The maximum Gasteiger partial charge on any atom is 0.255 e. The van der Waals surface area contributed by atoms with E-state index >= 15 is 0 Å². The van der Waals surface area contributed by atoms with Crippen molar-refractivity contribution >= 4 is 46.8 Å². The van der Waals surface area contributed by atoms with Gasteiger partial charge in [-0.3, -0.25) is 9.59 Å². The Hall–Kier alpha value is -1.89. The molecule has 0 aliphatic carbocycles. The number of carbonyl (C=O) groups is 2. The van der Waals surface area contributed by atoms with Crippen molar-refractivity contribution in [3.63, 3.8) is 0 Å². The van der Waals surface area contributed by atoms with Crippen molar-refractivity contribution in [1.29, 1.82) is 0 Å². The Bertz CT molecular complexity index is 864. The van der Waals surface area contributed by atoms with Gasteiger partial charge in [0.05, 0.1) is 22.7 Å². The average molecular weight is 469 g/mol. The SMILES string of the molecule is COc1ccccc1C(=O)NC(CCSC)C(=O)NCCCc1ccc(Cl)c(Cl)c1. The molecule has 0 bridgehead atoms. The highest BCUT2D eigenvalue weighted by molar-refractivity contribution is 7.98. The van der Waals surface area contributed by atoms with Gasteiger partial charge in [-0.25, -0.2) is 0 Å². The second-order valence-electron chi connectivity index (χ2n) is 6.65. The third kappa shape index (κ3) is 7.42. The Morgan fingerprint density at radius 2 is 1.90 bits per heavy atom. The standard InChI is InChI=1S/C22H26Cl2N2O3S/c1-29-20-8-4-3-7-16(20)21(27)26-19(11-13-30-2)22(28)25-12-5-6-15-9-10-17(23)18(24)14-15/h3-4,7-10,14,19H,5-6,11-13H2,1-2H3,(H,25,28)(H,26,27). The summed E-state index contributed by atoms with van der Waals surface area (Å²) in [6, 6.07) is 11.9. The number of carbonyl (C=O) groups excluding carboxylic acids is 2. The first-order valence-corrected chi connectivity index (χ1v) is 11.8. The van der Waals surface area contributed by atoms with Crippen LogP contribution in [-0.2, 0) is 11.2 Å². The quantitative estimate of drug-likeness (QED) is 0.472. The minimum Gasteiger partial charge on any atom is -0.496 e. The van der Waals surface area contributed by atoms with Crippen molar-refractivity contribution < 1.29 is 14.3 Å². The van der Waals surface area contributed by atoms with Gasteiger partial charge < -0.3 is 15.4 Å². The fraction of sp³-hybridized carbons (Fsp3) is 0.364. The van der Waals surface area contributed by atoms with Gasteiger partial charge in [0, 0.05) is 6.54 Å². The highest BCUT2D eigenvalue weighted by Crippen LogP contribution is 2.23. The Balaban J connectivity index is 1.90. The summed E-state index contributed by atoms with van der Waals surface area (Å²) in [6.07, 6.45) is 4.02. The second-order valence-corrected chi connectivity index (χ2v) is 8.45. The first-order valence-electron chi connectivity index (χ1n) is 9.60. The third-order valence-corrected chi connectivity index (χ3v) is 5.89. The predicted molar refractivity (Wildman–Crippen MR) is 125 cm³/mol. The fourth-order valence-electron chi connectivity index (χ4n) is 2.90. The van der Waals surface area contributed by atoms with E-state index in [0.29, 0.717) is 34.3 Å². The van der Waals surface area contributed by atoms with Crippen LogP contribution in [0, 0.1) is 0 Å². The van der Waals surface area contributed by atoms with E-state index < -0.39 is 6.04 Å². The van der Waals surface area contributed by atoms with Crippen LogP contribution < -0.4 is 15.4 Å². The molecule has 30 heavy (non-hydrogen) atoms. The molecule has 0 aromatic heterocycles. The Kier molecular flexibility index (Phi) is 10.3. The van der Waals surface area contributed by atoms with Crippen LogP contribution in [0.25, 0.3) is 0 Å². The van der Waals surface area contributed by atoms with E-state index in [1.54, 1.807) is 42.1 Å². The molecule has 8 heteroatoms. The summed E-state index contributed by atoms with van der Waals surface area (Å²) in [5, 5.41) is 6.81. The summed E-state index contributed by atoms with van der Waals surface area (Å²) in [7, 11) is 1.51. The number of nitrogens with one attached hydrogen (secondary N) is 2. The zero-order valence-corrected chi connectivity index (χ0v) is 19.4. The van der Waals surface area contributed by atoms with Crippen LogP contribution in [0.15, 0.2) is 42.5 Å². The Labute approximate surface area is 191 Å². The minimum absolute atomic E-state index is 0.193. The van der Waals surface area contributed by atoms with Crippen molar-refractivity contribution in [2.24, 2.45) is 0 Å². The number of halogens is 2. The lowest BCUT2D eigenvalue weighted by molar-refractivity contribution is -0.123. The summed E-state index contributed by atoms with van der Waals surface area (Å²) >= 11 is 13.6. The molecule has 5 nitrogen and oxygen atoms in total. The number of aryl methyl sites for hydroxylation is 1. The van der Waals surface area contributed by atoms with E-state index in [9.17, 15) is 9.59 Å². The van der Waals surface area contributed by atoms with Crippen molar-refractivity contribution in [3.8, 4) is 5.75 Å². The molecule has 0 spiro atoms. The van der Waals surface area contributed by atoms with Crippen molar-refractivity contribution in [1.82, 2.24) is 10.6 Å². The van der Waals surface area contributed by atoms with E-state index in [-0.39, 0.29) is 11.8 Å². The van der Waals surface area contributed by atoms with Crippen molar-refractivity contribution in [2.45, 2.75) is 25.3 Å². The molecule has 2 aromatic rings. The molecule has 2 rings (SSSR count). The number of hydrogen-bond acceptors (Lipinski definition) is 4. The minimum atomic E-state index is -0.611. The van der Waals surface area contributed by atoms with Gasteiger partial charge in [0.1, 0.15) is 11.8 Å². The Morgan fingerprint density at radius 1 is 1.13 bits per heavy atom. The maximum atomic E-state index is 12.7. The highest BCUT2D eigenvalue weighted by atomic mass is 35.5. The molecule has 0 fully saturated rings. The molecule has 2 aromatic carbocycles. The average Bonchev–Trinajstić information content (AvgIpc) is 2.76. The van der Waals surface area contributed by atoms with Gasteiger partial charge in [-0.2, -0.15) is 11.8 Å². The molecule has 0 saturated carbocycles. The third-order valence-electron chi connectivity index (χ3n) is 4.51. The molecule has 1 unspecified atom stereocenters. The summed E-state index contributed by atoms with van der Waals surface area (Å²) < 4.78 is 5.24. The van der Waals surface area contributed by atoms with Crippen LogP contribution in [-0.4, -0.2) is 43.5 Å². The van der Waals surface area contributed by atoms with E-state index in [2.05, 4.69) is 10.6 Å². The van der Waals surface area contributed by atoms with Gasteiger partial charge in [0.25, 0.3) is 5.91 Å². The fourth-order valence-corrected chi connectivity index (χ4v) is 3.69. The van der Waals surface area contributed by atoms with E-state index in [0.717, 1.165) is 24.2 Å². The van der Waals surface area contributed by atoms with Crippen molar-refractivity contribution in [3.05, 3.63) is 63.6 Å². The Morgan fingerprint density at radius 3 is 2.60 bits per heavy atom. The summed E-state index contributed by atoms with van der Waals surface area (Å²) in [4.78, 5) is 25.4. The molecule has 0 saturated heterocycles. The lowest BCUT2D eigenvalue weighted by Gasteiger charge is -2.19. The number of ether oxygens (including phenoxy) is 1. The number of benzene rings is 2. The largest absolute Gasteiger partial charge is 0.496 e. The lowest BCUT2D eigenvalue weighted by atomic mass is 10.1. The van der Waals surface area contributed by atoms with Gasteiger partial charge in [0.15, 0.2) is 0 Å². The van der Waals surface area contributed by atoms with Crippen LogP contribution >= 0.6 is 35.0 Å². The van der Waals surface area contributed by atoms with Gasteiger partial charge in [0.2, 0.25) is 5.91 Å². The maximum absolute atomic E-state index is 12.7. The van der Waals surface area contributed by atoms with Crippen LogP contribution in [0.4, 0.5) is 0 Å². The van der Waals surface area contributed by atoms with E-state index in [4.69, 9.17) is 27.9 Å². The van der Waals surface area contributed by atoms with Crippen LogP contribution in [0.2, 0.25) is 10.0 Å². The normalized spacial score (nSPS) is 11.6. The van der Waals surface area contributed by atoms with Crippen LogP contribution in [0.3, 0.4) is 0 Å². The molecule has 2 N–H and O–H groups in total. The molecule has 1 atom stereocenters. The summed E-state index contributed by atoms with van der Waals surface area (Å²) in [5.74, 6) is 0.708. The number of para-hydroxylation sites is 1. The second kappa shape index (κ2) is 12.7. The number of thioether (sulfide) groups is 1. The predicted octanol–water partition coefficient (Wildman–Crippen LogP) is 4.60. The van der Waals surface area contributed by atoms with E-state index in [1.165, 1.54) is 7.11 Å². The van der Waals surface area contributed by atoms with Crippen LogP contribution in [0.1, 0.15) is 28.8 Å². The number of rotatable bonds is 11. The molecule has 0 aliphatic rings. The molecule has 0 aliphatic heterocycles. The van der Waals surface area contributed by atoms with Crippen LogP contribution in [0.5, 0.6) is 5.75 Å². The monoisotopic (exact) mass is 468 g/mol. The van der Waals surface area contributed by atoms with Gasteiger partial charge in [-0.1, -0.05) is 41.4 Å². The molecular formula is C22H26Cl2N2O3S. The summed E-state index contributed by atoms with van der Waals surface area (Å²) in [5.41, 5.74) is 1.46. The molecule has 0 radical (unpaired) electrons. The molecular weight excluding hydrogens is 443 g/mol. The zero-order chi connectivity index (χ0) is 21.9. The van der Waals surface area contributed by atoms with Gasteiger partial charge in [-0.05, 0) is 61.1 Å². The number of methoxy groups -OCH3 is 1. The number of hydrogen-bond donors (Lipinski definition) is 2. The molecule has 0 heterocycles. The topological polar surface area (TPSA) is 67.4 Å². The molecule has 2 amide bonds. The first-order chi connectivity index (χ1) is 14.5. The first kappa shape index (κ1) is 24.4. The van der Waals surface area contributed by atoms with Gasteiger partial charge >= 0.3 is 0 Å². The smallest absolute Gasteiger partial charge is 0.255 e. The lowest BCUT2D eigenvalue weighted by Crippen LogP contribution is -2.47. The summed E-state index contributed by atoms with van der Waals surface area (Å²) in [6.45, 7) is 0.499. The van der Waals surface area contributed by atoms with Crippen molar-refractivity contribution in [2.75, 3.05) is 25.7 Å². The zero-order valence-electron chi connectivity index (χ0n) is 17.0. The molecule has 162 valence electrons.